The van der Waals surface area contributed by atoms with Crippen LogP contribution in [0.15, 0.2) is 18.2 Å². The molecule has 1 aromatic rings. The number of carbonyl (C=O) groups excluding carboxylic acids is 1. The van der Waals surface area contributed by atoms with Gasteiger partial charge in [0, 0.05) is 12.0 Å². The van der Waals surface area contributed by atoms with Crippen LogP contribution in [0.25, 0.3) is 0 Å². The van der Waals surface area contributed by atoms with Crippen molar-refractivity contribution >= 4 is 28.4 Å². The van der Waals surface area contributed by atoms with Crippen LogP contribution in [0.4, 0.5) is 17.6 Å². The van der Waals surface area contributed by atoms with Gasteiger partial charge in [0.2, 0.25) is 9.46 Å². The molecule has 86 valence electrons. The number of Topliss-reactive ketones (excluding diaryl/α,β-unsaturated/α-hetero) is 1. The van der Waals surface area contributed by atoms with Crippen molar-refractivity contribution in [1.29, 1.82) is 0 Å². The minimum atomic E-state index is -4.47. The summed E-state index contributed by atoms with van der Waals surface area (Å²) in [5.74, 6) is -0.753. The molecule has 1 aliphatic rings. The number of ketones is 1. The molecular weight excluding hydrogens is 339 g/mol. The Kier molecular flexibility index (Phi) is 2.52. The van der Waals surface area contributed by atoms with E-state index in [0.717, 1.165) is 18.2 Å². The van der Waals surface area contributed by atoms with Gasteiger partial charge in [0.15, 0.2) is 0 Å². The molecule has 0 bridgehead atoms. The summed E-state index contributed by atoms with van der Waals surface area (Å²) in [4.78, 5) is 11.4. The molecule has 1 aromatic carbocycles. The van der Waals surface area contributed by atoms with E-state index in [1.165, 1.54) is 22.6 Å². The van der Waals surface area contributed by atoms with Crippen molar-refractivity contribution in [2.75, 3.05) is 0 Å². The summed E-state index contributed by atoms with van der Waals surface area (Å²) in [7, 11) is 0. The molecule has 0 saturated carbocycles. The Morgan fingerprint density at radius 3 is 2.50 bits per heavy atom. The van der Waals surface area contributed by atoms with E-state index in [0.29, 0.717) is 0 Å². The van der Waals surface area contributed by atoms with Gasteiger partial charge in [-0.3, -0.25) is 4.79 Å². The van der Waals surface area contributed by atoms with E-state index in [1.807, 2.05) is 0 Å². The van der Waals surface area contributed by atoms with E-state index < -0.39 is 21.2 Å². The van der Waals surface area contributed by atoms with Crippen LogP contribution >= 0.6 is 22.6 Å². The second kappa shape index (κ2) is 3.41. The highest BCUT2D eigenvalue weighted by Gasteiger charge is 2.44. The van der Waals surface area contributed by atoms with Gasteiger partial charge < -0.3 is 0 Å². The molecule has 1 atom stereocenters. The normalized spacial score (nSPS) is 24.7. The quantitative estimate of drug-likeness (QED) is 0.400. The molecule has 0 heterocycles. The van der Waals surface area contributed by atoms with Gasteiger partial charge in [-0.25, -0.2) is 4.39 Å². The third-order valence-corrected chi connectivity index (χ3v) is 3.29. The molecular formula is C10H5F4IO. The summed E-state index contributed by atoms with van der Waals surface area (Å²) in [6.45, 7) is 0. The van der Waals surface area contributed by atoms with Crippen molar-refractivity contribution in [3.8, 4) is 0 Å². The predicted molar refractivity (Wildman–Crippen MR) is 57.3 cm³/mol. The number of fused-ring (bicyclic) bond motifs is 1. The van der Waals surface area contributed by atoms with Crippen LogP contribution in [-0.2, 0) is 12.6 Å². The maximum absolute atomic E-state index is 13.6. The Morgan fingerprint density at radius 1 is 1.31 bits per heavy atom. The molecule has 2 rings (SSSR count). The van der Waals surface area contributed by atoms with Crippen molar-refractivity contribution in [3.63, 3.8) is 0 Å². The number of alkyl halides is 5. The number of rotatable bonds is 0. The molecule has 1 aliphatic carbocycles. The van der Waals surface area contributed by atoms with Crippen molar-refractivity contribution in [3.05, 3.63) is 34.9 Å². The van der Waals surface area contributed by atoms with E-state index in [4.69, 9.17) is 0 Å². The van der Waals surface area contributed by atoms with Crippen LogP contribution in [0.1, 0.15) is 21.5 Å². The van der Waals surface area contributed by atoms with E-state index in [-0.39, 0.29) is 17.5 Å². The smallest absolute Gasteiger partial charge is 0.290 e. The summed E-state index contributed by atoms with van der Waals surface area (Å²) in [5, 5.41) is 0. The molecule has 0 amide bonds. The molecule has 0 fully saturated rings. The first kappa shape index (κ1) is 11.8. The van der Waals surface area contributed by atoms with E-state index in [2.05, 4.69) is 0 Å². The Hall–Kier alpha value is -0.660. The molecule has 0 saturated heterocycles. The first-order valence-corrected chi connectivity index (χ1v) is 5.42. The molecule has 1 unspecified atom stereocenters. The Bertz CT molecular complexity index is 464. The minimum absolute atomic E-state index is 0.0462. The summed E-state index contributed by atoms with van der Waals surface area (Å²) >= 11 is 1.32. The number of hydrogen-bond acceptors (Lipinski definition) is 1. The van der Waals surface area contributed by atoms with E-state index in [1.54, 1.807) is 0 Å². The first-order chi connectivity index (χ1) is 7.22. The second-order valence-corrected chi connectivity index (χ2v) is 5.29. The minimum Gasteiger partial charge on any atom is -0.290 e. The second-order valence-electron chi connectivity index (χ2n) is 3.58. The summed E-state index contributed by atoms with van der Waals surface area (Å²) < 4.78 is 48.6. The zero-order chi connectivity index (χ0) is 12.1. The third kappa shape index (κ3) is 1.83. The molecule has 0 aromatic heterocycles. The average Bonchev–Trinajstić information content (AvgIpc) is 2.36. The first-order valence-electron chi connectivity index (χ1n) is 4.34. The number of halogens is 5. The number of carbonyl (C=O) groups is 1. The van der Waals surface area contributed by atoms with Gasteiger partial charge in [0.05, 0.1) is 5.56 Å². The van der Waals surface area contributed by atoms with Crippen LogP contribution in [-0.4, -0.2) is 9.46 Å². The van der Waals surface area contributed by atoms with Crippen LogP contribution < -0.4 is 0 Å². The molecule has 0 aliphatic heterocycles. The van der Waals surface area contributed by atoms with Crippen LogP contribution in [0.3, 0.4) is 0 Å². The molecule has 16 heavy (non-hydrogen) atoms. The highest BCUT2D eigenvalue weighted by atomic mass is 127. The molecule has 0 radical (unpaired) electrons. The lowest BCUT2D eigenvalue weighted by Crippen LogP contribution is -2.21. The van der Waals surface area contributed by atoms with Gasteiger partial charge in [0.1, 0.15) is 0 Å². The zero-order valence-electron chi connectivity index (χ0n) is 7.74. The van der Waals surface area contributed by atoms with E-state index >= 15 is 0 Å². The van der Waals surface area contributed by atoms with Gasteiger partial charge in [0.25, 0.3) is 0 Å². The van der Waals surface area contributed by atoms with Crippen molar-refractivity contribution < 1.29 is 22.4 Å². The number of hydrogen-bond donors (Lipinski definition) is 0. The third-order valence-electron chi connectivity index (χ3n) is 2.42. The fourth-order valence-electron chi connectivity index (χ4n) is 1.65. The molecule has 0 N–H and O–H groups in total. The van der Waals surface area contributed by atoms with Gasteiger partial charge in [-0.2, -0.15) is 13.2 Å². The fraction of sp³-hybridized carbons (Fsp3) is 0.300. The van der Waals surface area contributed by atoms with Crippen molar-refractivity contribution in [1.82, 2.24) is 0 Å². The van der Waals surface area contributed by atoms with Crippen LogP contribution in [0.2, 0.25) is 0 Å². The highest BCUT2D eigenvalue weighted by molar-refractivity contribution is 14.1. The zero-order valence-corrected chi connectivity index (χ0v) is 9.89. The number of benzene rings is 1. The van der Waals surface area contributed by atoms with Crippen LogP contribution in [0.5, 0.6) is 0 Å². The van der Waals surface area contributed by atoms with Gasteiger partial charge in [-0.15, -0.1) is 0 Å². The predicted octanol–water partition coefficient (Wildman–Crippen LogP) is 3.55. The lowest BCUT2D eigenvalue weighted by molar-refractivity contribution is -0.137. The lowest BCUT2D eigenvalue weighted by atomic mass is 10.1. The lowest BCUT2D eigenvalue weighted by Gasteiger charge is -2.07. The summed E-state index contributed by atoms with van der Waals surface area (Å²) in [6.07, 6.45) is -4.77. The SMILES string of the molecule is O=C1c2ccc(C(F)(F)F)cc2CC1(F)I. The Balaban J connectivity index is 2.50. The average molecular weight is 344 g/mol. The standard InChI is InChI=1S/C10H5F4IO/c11-9(15)4-5-3-6(10(12,13)14)1-2-7(5)8(9)16/h1-3H,4H2. The van der Waals surface area contributed by atoms with Gasteiger partial charge >= 0.3 is 6.18 Å². The van der Waals surface area contributed by atoms with Crippen molar-refractivity contribution in [2.45, 2.75) is 16.3 Å². The molecule has 1 nitrogen and oxygen atoms in total. The summed E-state index contributed by atoms with van der Waals surface area (Å²) in [5.41, 5.74) is -0.685. The van der Waals surface area contributed by atoms with Gasteiger partial charge in [-0.1, -0.05) is 6.07 Å². The largest absolute Gasteiger partial charge is 0.416 e. The molecule has 0 spiro atoms. The Labute approximate surface area is 102 Å². The monoisotopic (exact) mass is 344 g/mol. The topological polar surface area (TPSA) is 17.1 Å². The summed E-state index contributed by atoms with van der Waals surface area (Å²) in [6, 6.07) is 2.68. The van der Waals surface area contributed by atoms with Crippen molar-refractivity contribution in [2.24, 2.45) is 0 Å². The fourth-order valence-corrected chi connectivity index (χ4v) is 2.36. The van der Waals surface area contributed by atoms with Gasteiger partial charge in [-0.05, 0) is 40.3 Å². The maximum Gasteiger partial charge on any atom is 0.416 e. The maximum atomic E-state index is 13.6. The van der Waals surface area contributed by atoms with E-state index in [9.17, 15) is 22.4 Å². The highest BCUT2D eigenvalue weighted by Crippen LogP contribution is 2.40. The molecule has 6 heteroatoms. The van der Waals surface area contributed by atoms with Crippen LogP contribution in [0, 0.1) is 0 Å². The Morgan fingerprint density at radius 2 is 1.94 bits per heavy atom.